The highest BCUT2D eigenvalue weighted by molar-refractivity contribution is 7.14. The Morgan fingerprint density at radius 2 is 2.20 bits per heavy atom. The highest BCUT2D eigenvalue weighted by Crippen LogP contribution is 2.24. The Balaban J connectivity index is 0.00000200. The topological polar surface area (TPSA) is 80.9 Å². The number of nitrogens with one attached hydrogen (secondary N) is 1. The summed E-state index contributed by atoms with van der Waals surface area (Å²) in [5.74, 6) is -0.111. The molecule has 2 aromatic rings. The van der Waals surface area contributed by atoms with E-state index >= 15 is 0 Å². The van der Waals surface area contributed by atoms with Crippen molar-refractivity contribution in [2.24, 2.45) is 11.7 Å². The zero-order valence-corrected chi connectivity index (χ0v) is 12.9. The molecule has 0 bridgehead atoms. The van der Waals surface area contributed by atoms with Gasteiger partial charge < -0.3 is 11.1 Å². The number of halogens is 1. The highest BCUT2D eigenvalue weighted by atomic mass is 35.5. The number of hydrogen-bond donors (Lipinski definition) is 2. The van der Waals surface area contributed by atoms with Crippen molar-refractivity contribution in [3.8, 4) is 11.3 Å². The molecular weight excluding hydrogens is 296 g/mol. The van der Waals surface area contributed by atoms with E-state index in [1.807, 2.05) is 31.4 Å². The summed E-state index contributed by atoms with van der Waals surface area (Å²) in [6, 6.07) is 3.25. The van der Waals surface area contributed by atoms with Gasteiger partial charge >= 0.3 is 0 Å². The molecule has 7 heteroatoms. The van der Waals surface area contributed by atoms with Gasteiger partial charge in [0.15, 0.2) is 5.13 Å². The monoisotopic (exact) mass is 312 g/mol. The third-order valence-electron chi connectivity index (χ3n) is 2.71. The molecule has 0 aliphatic rings. The number of nitrogens with two attached hydrogens (primary N) is 1. The van der Waals surface area contributed by atoms with Gasteiger partial charge in [-0.1, -0.05) is 13.8 Å². The van der Waals surface area contributed by atoms with E-state index < -0.39 is 6.04 Å². The number of nitrogens with zero attached hydrogens (tertiary/aromatic N) is 2. The molecular formula is C13H17ClN4OS. The second-order valence-electron chi connectivity index (χ2n) is 4.54. The average Bonchev–Trinajstić information content (AvgIpc) is 2.87. The molecule has 0 unspecified atom stereocenters. The maximum absolute atomic E-state index is 11.8. The van der Waals surface area contributed by atoms with Crippen LogP contribution >= 0.6 is 23.7 Å². The van der Waals surface area contributed by atoms with E-state index in [2.05, 4.69) is 15.3 Å². The van der Waals surface area contributed by atoms with Gasteiger partial charge in [0.2, 0.25) is 5.91 Å². The van der Waals surface area contributed by atoms with Crippen LogP contribution in [0.1, 0.15) is 13.8 Å². The highest BCUT2D eigenvalue weighted by Gasteiger charge is 2.18. The van der Waals surface area contributed by atoms with Crippen molar-refractivity contribution < 1.29 is 4.79 Å². The summed E-state index contributed by atoms with van der Waals surface area (Å²) >= 11 is 1.38. The number of hydrogen-bond acceptors (Lipinski definition) is 5. The van der Waals surface area contributed by atoms with Crippen molar-refractivity contribution in [1.82, 2.24) is 9.97 Å². The summed E-state index contributed by atoms with van der Waals surface area (Å²) in [7, 11) is 0. The number of carbonyl (C=O) groups is 1. The van der Waals surface area contributed by atoms with Crippen LogP contribution in [0.2, 0.25) is 0 Å². The molecule has 0 saturated heterocycles. The lowest BCUT2D eigenvalue weighted by molar-refractivity contribution is -0.118. The summed E-state index contributed by atoms with van der Waals surface area (Å²) in [5, 5.41) is 5.17. The van der Waals surface area contributed by atoms with Gasteiger partial charge in [0.25, 0.3) is 0 Å². The van der Waals surface area contributed by atoms with Gasteiger partial charge in [-0.05, 0) is 18.1 Å². The van der Waals surface area contributed by atoms with E-state index in [0.29, 0.717) is 5.13 Å². The predicted molar refractivity (Wildman–Crippen MR) is 84.0 cm³/mol. The van der Waals surface area contributed by atoms with E-state index in [9.17, 15) is 4.79 Å². The summed E-state index contributed by atoms with van der Waals surface area (Å²) in [6.45, 7) is 3.82. The molecule has 0 aliphatic carbocycles. The first-order valence-corrected chi connectivity index (χ1v) is 6.88. The largest absolute Gasteiger partial charge is 0.320 e. The van der Waals surface area contributed by atoms with Crippen LogP contribution in [0.3, 0.4) is 0 Å². The summed E-state index contributed by atoms with van der Waals surface area (Å²) in [4.78, 5) is 20.2. The van der Waals surface area contributed by atoms with Crippen LogP contribution in [-0.4, -0.2) is 21.9 Å². The number of amides is 1. The van der Waals surface area contributed by atoms with Crippen molar-refractivity contribution in [2.75, 3.05) is 5.32 Å². The second kappa shape index (κ2) is 7.33. The van der Waals surface area contributed by atoms with Crippen LogP contribution in [0.25, 0.3) is 11.3 Å². The first-order chi connectivity index (χ1) is 9.08. The quantitative estimate of drug-likeness (QED) is 0.909. The van der Waals surface area contributed by atoms with Gasteiger partial charge in [-0.15, -0.1) is 23.7 Å². The first-order valence-electron chi connectivity index (χ1n) is 6.00. The molecule has 0 fully saturated rings. The average molecular weight is 313 g/mol. The Bertz CT molecular complexity index is 559. The van der Waals surface area contributed by atoms with Gasteiger partial charge in [-0.25, -0.2) is 4.98 Å². The van der Waals surface area contributed by atoms with Gasteiger partial charge in [0.05, 0.1) is 11.7 Å². The fourth-order valence-corrected chi connectivity index (χ4v) is 2.19. The predicted octanol–water partition coefficient (Wildman–Crippen LogP) is 2.55. The number of carbonyl (C=O) groups excluding carboxylic acids is 1. The van der Waals surface area contributed by atoms with Gasteiger partial charge in [0, 0.05) is 23.3 Å². The molecule has 0 radical (unpaired) electrons. The minimum absolute atomic E-state index is 0. The fraction of sp³-hybridized carbons (Fsp3) is 0.308. The number of anilines is 1. The standard InChI is InChI=1S/C13H16N4OS.ClH/c1-8(2)11(14)12(18)17-13-16-10(7-19-13)9-4-3-5-15-6-9;/h3-8,11H,14H2,1-2H3,(H,16,17,18);1H/t11-;/m0./s1. The smallest absolute Gasteiger partial charge is 0.243 e. The van der Waals surface area contributed by atoms with Crippen molar-refractivity contribution in [3.63, 3.8) is 0 Å². The fourth-order valence-electron chi connectivity index (χ4n) is 1.47. The maximum Gasteiger partial charge on any atom is 0.243 e. The van der Waals surface area contributed by atoms with E-state index in [4.69, 9.17) is 5.73 Å². The molecule has 5 nitrogen and oxygen atoms in total. The van der Waals surface area contributed by atoms with Crippen LogP contribution < -0.4 is 11.1 Å². The van der Waals surface area contributed by atoms with Crippen molar-refractivity contribution in [2.45, 2.75) is 19.9 Å². The van der Waals surface area contributed by atoms with Crippen LogP contribution in [0.15, 0.2) is 29.9 Å². The van der Waals surface area contributed by atoms with Crippen molar-refractivity contribution in [1.29, 1.82) is 0 Å². The maximum atomic E-state index is 11.8. The van der Waals surface area contributed by atoms with Crippen molar-refractivity contribution in [3.05, 3.63) is 29.9 Å². The van der Waals surface area contributed by atoms with Crippen LogP contribution in [0.4, 0.5) is 5.13 Å². The molecule has 2 rings (SSSR count). The lowest BCUT2D eigenvalue weighted by atomic mass is 10.1. The number of rotatable bonds is 4. The third-order valence-corrected chi connectivity index (χ3v) is 3.47. The summed E-state index contributed by atoms with van der Waals surface area (Å²) < 4.78 is 0. The minimum Gasteiger partial charge on any atom is -0.320 e. The lowest BCUT2D eigenvalue weighted by Crippen LogP contribution is -2.39. The van der Waals surface area contributed by atoms with Crippen LogP contribution in [-0.2, 0) is 4.79 Å². The molecule has 2 aromatic heterocycles. The Kier molecular flexibility index (Phi) is 6.06. The molecule has 0 spiro atoms. The molecule has 20 heavy (non-hydrogen) atoms. The Hall–Kier alpha value is -1.50. The molecule has 1 atom stereocenters. The molecule has 108 valence electrons. The molecule has 0 aromatic carbocycles. The van der Waals surface area contributed by atoms with E-state index in [1.54, 1.807) is 12.4 Å². The van der Waals surface area contributed by atoms with Gasteiger partial charge in [-0.2, -0.15) is 0 Å². The SMILES string of the molecule is CC(C)[C@H](N)C(=O)Nc1nc(-c2cccnc2)cs1.Cl. The number of aromatic nitrogens is 2. The number of thiazole rings is 1. The zero-order valence-electron chi connectivity index (χ0n) is 11.2. The molecule has 0 saturated carbocycles. The Labute approximate surface area is 128 Å². The molecule has 0 aliphatic heterocycles. The van der Waals surface area contributed by atoms with Gasteiger partial charge in [-0.3, -0.25) is 9.78 Å². The van der Waals surface area contributed by atoms with E-state index in [0.717, 1.165) is 11.3 Å². The van der Waals surface area contributed by atoms with E-state index in [-0.39, 0.29) is 24.2 Å². The van der Waals surface area contributed by atoms with E-state index in [1.165, 1.54) is 11.3 Å². The summed E-state index contributed by atoms with van der Waals surface area (Å²) in [6.07, 6.45) is 3.45. The number of pyridine rings is 1. The first kappa shape index (κ1) is 16.6. The van der Waals surface area contributed by atoms with Gasteiger partial charge in [0.1, 0.15) is 0 Å². The Morgan fingerprint density at radius 3 is 2.80 bits per heavy atom. The second-order valence-corrected chi connectivity index (χ2v) is 5.40. The normalized spacial score (nSPS) is 11.8. The molecule has 1 amide bonds. The van der Waals surface area contributed by atoms with Crippen molar-refractivity contribution >= 4 is 34.8 Å². The molecule has 2 heterocycles. The van der Waals surface area contributed by atoms with Crippen LogP contribution in [0.5, 0.6) is 0 Å². The Morgan fingerprint density at radius 1 is 1.45 bits per heavy atom. The zero-order chi connectivity index (χ0) is 13.8. The molecule has 3 N–H and O–H groups in total. The third kappa shape index (κ3) is 4.00. The minimum atomic E-state index is -0.522. The lowest BCUT2D eigenvalue weighted by Gasteiger charge is -2.13. The summed E-state index contributed by atoms with van der Waals surface area (Å²) in [5.41, 5.74) is 7.50. The van der Waals surface area contributed by atoms with Crippen LogP contribution in [0, 0.1) is 5.92 Å².